The van der Waals surface area contributed by atoms with Gasteiger partial charge in [0.1, 0.15) is 5.75 Å². The van der Waals surface area contributed by atoms with Crippen LogP contribution in [0.5, 0.6) is 5.75 Å². The molecule has 1 atom stereocenters. The number of aliphatic hydroxyl groups is 1. The molecule has 2 nitrogen and oxygen atoms in total. The quantitative estimate of drug-likeness (QED) is 0.770. The minimum absolute atomic E-state index is 0.516. The lowest BCUT2D eigenvalue weighted by Gasteiger charge is -2.36. The van der Waals surface area contributed by atoms with Crippen molar-refractivity contribution in [1.29, 1.82) is 0 Å². The van der Waals surface area contributed by atoms with Crippen LogP contribution in [-0.4, -0.2) is 5.11 Å². The lowest BCUT2D eigenvalue weighted by atomic mass is 9.88. The smallest absolute Gasteiger partial charge is 0.235 e. The Morgan fingerprint density at radius 2 is 1.39 bits per heavy atom. The summed E-state index contributed by atoms with van der Waals surface area (Å²) in [6.45, 7) is 0. The highest BCUT2D eigenvalue weighted by atomic mass is 16.6. The predicted molar refractivity (Wildman–Crippen MR) is 91.2 cm³/mol. The van der Waals surface area contributed by atoms with Crippen LogP contribution in [0, 0.1) is 0 Å². The van der Waals surface area contributed by atoms with E-state index in [0.717, 1.165) is 28.9 Å². The Morgan fingerprint density at radius 3 is 2.22 bits per heavy atom. The first kappa shape index (κ1) is 14.0. The van der Waals surface area contributed by atoms with Crippen LogP contribution >= 0.6 is 0 Å². The summed E-state index contributed by atoms with van der Waals surface area (Å²) in [7, 11) is 0. The molecule has 0 aliphatic carbocycles. The summed E-state index contributed by atoms with van der Waals surface area (Å²) >= 11 is 0. The Balaban J connectivity index is 1.72. The largest absolute Gasteiger partial charge is 0.458 e. The second kappa shape index (κ2) is 5.56. The van der Waals surface area contributed by atoms with E-state index in [2.05, 4.69) is 12.1 Å². The molecule has 1 aliphatic rings. The number of fused-ring (bicyclic) bond motifs is 3. The van der Waals surface area contributed by atoms with Crippen LogP contribution in [0.2, 0.25) is 0 Å². The highest BCUT2D eigenvalue weighted by Crippen LogP contribution is 2.45. The van der Waals surface area contributed by atoms with E-state index in [-0.39, 0.29) is 0 Å². The van der Waals surface area contributed by atoms with E-state index < -0.39 is 5.79 Å². The van der Waals surface area contributed by atoms with Crippen molar-refractivity contribution in [3.05, 3.63) is 90.0 Å². The first-order chi connectivity index (χ1) is 11.3. The van der Waals surface area contributed by atoms with Gasteiger partial charge in [-0.2, -0.15) is 0 Å². The van der Waals surface area contributed by atoms with Crippen LogP contribution in [0.1, 0.15) is 17.5 Å². The van der Waals surface area contributed by atoms with Gasteiger partial charge in [-0.15, -0.1) is 0 Å². The fourth-order valence-corrected chi connectivity index (χ4v) is 3.22. The van der Waals surface area contributed by atoms with E-state index in [1.807, 2.05) is 66.7 Å². The van der Waals surface area contributed by atoms with Gasteiger partial charge in [-0.1, -0.05) is 72.8 Å². The Bertz CT molecular complexity index is 826. The Labute approximate surface area is 136 Å². The van der Waals surface area contributed by atoms with E-state index >= 15 is 0 Å². The van der Waals surface area contributed by atoms with Crippen molar-refractivity contribution < 1.29 is 9.84 Å². The van der Waals surface area contributed by atoms with E-state index in [1.165, 1.54) is 5.56 Å². The zero-order valence-corrected chi connectivity index (χ0v) is 12.8. The van der Waals surface area contributed by atoms with Gasteiger partial charge in [-0.05, 0) is 23.6 Å². The summed E-state index contributed by atoms with van der Waals surface area (Å²) in [4.78, 5) is 0. The summed E-state index contributed by atoms with van der Waals surface area (Å²) in [6.07, 6.45) is 1.27. The second-order valence-corrected chi connectivity index (χ2v) is 5.91. The van der Waals surface area contributed by atoms with Crippen LogP contribution in [0.15, 0.2) is 78.9 Å². The number of benzene rings is 3. The van der Waals surface area contributed by atoms with Crippen molar-refractivity contribution in [1.82, 2.24) is 0 Å². The molecule has 1 aliphatic heterocycles. The van der Waals surface area contributed by atoms with Crippen LogP contribution in [0.3, 0.4) is 0 Å². The molecule has 1 unspecified atom stereocenters. The molecule has 2 heteroatoms. The third-order valence-corrected chi connectivity index (χ3v) is 4.40. The van der Waals surface area contributed by atoms with Gasteiger partial charge >= 0.3 is 0 Å². The van der Waals surface area contributed by atoms with E-state index in [9.17, 15) is 5.11 Å². The van der Waals surface area contributed by atoms with Crippen molar-refractivity contribution in [3.63, 3.8) is 0 Å². The third-order valence-electron chi connectivity index (χ3n) is 4.40. The molecular formula is C21H18O2. The van der Waals surface area contributed by atoms with Gasteiger partial charge < -0.3 is 9.84 Å². The highest BCUT2D eigenvalue weighted by molar-refractivity contribution is 5.76. The standard InChI is InChI=1S/C21H18O2/c22-21(15-14-16-8-2-1-3-9-16)19-12-6-4-10-17(19)18-11-5-7-13-20(18)23-21/h1-13,22H,14-15H2. The summed E-state index contributed by atoms with van der Waals surface area (Å²) in [5, 5.41) is 11.2. The molecule has 1 heterocycles. The van der Waals surface area contributed by atoms with Crippen LogP contribution in [0.4, 0.5) is 0 Å². The molecule has 0 fully saturated rings. The molecule has 3 aromatic rings. The normalized spacial score (nSPS) is 18.7. The topological polar surface area (TPSA) is 29.5 Å². The maximum atomic E-state index is 11.2. The number of para-hydroxylation sites is 1. The van der Waals surface area contributed by atoms with Crippen LogP contribution in [0.25, 0.3) is 11.1 Å². The molecule has 23 heavy (non-hydrogen) atoms. The molecule has 0 radical (unpaired) electrons. The van der Waals surface area contributed by atoms with Gasteiger partial charge in [-0.3, -0.25) is 0 Å². The molecule has 3 aromatic carbocycles. The zero-order valence-electron chi connectivity index (χ0n) is 12.8. The molecule has 0 spiro atoms. The minimum Gasteiger partial charge on any atom is -0.458 e. The molecular weight excluding hydrogens is 284 g/mol. The third kappa shape index (κ3) is 2.51. The van der Waals surface area contributed by atoms with Crippen LogP contribution < -0.4 is 4.74 Å². The molecule has 114 valence electrons. The lowest BCUT2D eigenvalue weighted by Crippen LogP contribution is -2.36. The van der Waals surface area contributed by atoms with Gasteiger partial charge in [0.05, 0.1) is 0 Å². The molecule has 0 saturated carbocycles. The Kier molecular flexibility index (Phi) is 3.40. The molecule has 0 bridgehead atoms. The summed E-state index contributed by atoms with van der Waals surface area (Å²) < 4.78 is 6.02. The Morgan fingerprint density at radius 1 is 0.739 bits per heavy atom. The minimum atomic E-state index is -1.29. The highest BCUT2D eigenvalue weighted by Gasteiger charge is 2.38. The SMILES string of the molecule is OC1(CCc2ccccc2)Oc2ccccc2-c2ccccc21. The summed E-state index contributed by atoms with van der Waals surface area (Å²) in [5.41, 5.74) is 4.12. The van der Waals surface area contributed by atoms with Crippen molar-refractivity contribution >= 4 is 0 Å². The van der Waals surface area contributed by atoms with Crippen LogP contribution in [-0.2, 0) is 12.2 Å². The van der Waals surface area contributed by atoms with Gasteiger partial charge in [0, 0.05) is 17.5 Å². The predicted octanol–water partition coefficient (Wildman–Crippen LogP) is 4.52. The number of ether oxygens (including phenoxy) is 1. The van der Waals surface area contributed by atoms with Gasteiger partial charge in [-0.25, -0.2) is 0 Å². The molecule has 0 amide bonds. The fourth-order valence-electron chi connectivity index (χ4n) is 3.22. The first-order valence-electron chi connectivity index (χ1n) is 7.90. The van der Waals surface area contributed by atoms with Crippen molar-refractivity contribution in [3.8, 4) is 16.9 Å². The summed E-state index contributed by atoms with van der Waals surface area (Å²) in [5.74, 6) is -0.553. The molecule has 4 rings (SSSR count). The number of aryl methyl sites for hydroxylation is 1. The van der Waals surface area contributed by atoms with Gasteiger partial charge in [0.2, 0.25) is 5.79 Å². The van der Waals surface area contributed by atoms with Gasteiger partial charge in [0.25, 0.3) is 0 Å². The number of hydrogen-bond acceptors (Lipinski definition) is 2. The molecule has 1 N–H and O–H groups in total. The van der Waals surface area contributed by atoms with Crippen molar-refractivity contribution in [2.24, 2.45) is 0 Å². The number of hydrogen-bond donors (Lipinski definition) is 1. The summed E-state index contributed by atoms with van der Waals surface area (Å²) in [6, 6.07) is 26.0. The van der Waals surface area contributed by atoms with E-state index in [1.54, 1.807) is 0 Å². The van der Waals surface area contributed by atoms with Gasteiger partial charge in [0.15, 0.2) is 0 Å². The molecule has 0 saturated heterocycles. The van der Waals surface area contributed by atoms with E-state index in [0.29, 0.717) is 6.42 Å². The second-order valence-electron chi connectivity index (χ2n) is 5.91. The number of rotatable bonds is 3. The zero-order chi connectivity index (χ0) is 15.7. The first-order valence-corrected chi connectivity index (χ1v) is 7.90. The average molecular weight is 302 g/mol. The maximum Gasteiger partial charge on any atom is 0.235 e. The van der Waals surface area contributed by atoms with Crippen molar-refractivity contribution in [2.45, 2.75) is 18.6 Å². The fraction of sp³-hybridized carbons (Fsp3) is 0.143. The lowest BCUT2D eigenvalue weighted by molar-refractivity contribution is -0.152. The van der Waals surface area contributed by atoms with Crippen molar-refractivity contribution in [2.75, 3.05) is 0 Å². The Hall–Kier alpha value is -2.58. The molecule has 0 aromatic heterocycles. The van der Waals surface area contributed by atoms with E-state index in [4.69, 9.17) is 4.74 Å². The monoisotopic (exact) mass is 302 g/mol. The maximum absolute atomic E-state index is 11.2. The average Bonchev–Trinajstić information content (AvgIpc) is 2.61.